The lowest BCUT2D eigenvalue weighted by atomic mass is 10.1. The molecule has 0 saturated heterocycles. The highest BCUT2D eigenvalue weighted by Crippen LogP contribution is 2.09. The van der Waals surface area contributed by atoms with E-state index in [1.807, 2.05) is 0 Å². The molecule has 8 nitrogen and oxygen atoms in total. The minimum Gasteiger partial charge on any atom is -0.481 e. The Morgan fingerprint density at radius 3 is 1.87 bits per heavy atom. The average molecular weight is 336 g/mol. The molecule has 8 heteroatoms. The molecule has 0 bridgehead atoms. The maximum absolute atomic E-state index is 10.3. The molecule has 0 fully saturated rings. The van der Waals surface area contributed by atoms with Crippen LogP contribution in [0, 0.1) is 0 Å². The summed E-state index contributed by atoms with van der Waals surface area (Å²) >= 11 is 0. The Bertz CT molecular complexity index is 256. The van der Waals surface area contributed by atoms with Crippen molar-refractivity contribution in [1.82, 2.24) is 10.8 Å². The van der Waals surface area contributed by atoms with Crippen molar-refractivity contribution >= 4 is 5.97 Å². The zero-order valence-corrected chi connectivity index (χ0v) is 13.9. The minimum atomic E-state index is -0.721. The first-order valence-corrected chi connectivity index (χ1v) is 8.56. The van der Waals surface area contributed by atoms with Gasteiger partial charge in [-0.15, -0.1) is 4.99 Å². The molecule has 0 aliphatic heterocycles. The molecule has 0 unspecified atom stereocenters. The Kier molecular flexibility index (Phi) is 18.6. The molecule has 0 rings (SSSR count). The van der Waals surface area contributed by atoms with Crippen molar-refractivity contribution in [3.63, 3.8) is 0 Å². The van der Waals surface area contributed by atoms with E-state index in [9.17, 15) is 4.79 Å². The number of carbonyl (C=O) groups is 1. The molecule has 4 N–H and O–H groups in total. The number of carboxylic acid groups (broad SMARTS) is 1. The van der Waals surface area contributed by atoms with Crippen molar-refractivity contribution in [3.8, 4) is 0 Å². The van der Waals surface area contributed by atoms with Gasteiger partial charge in [-0.25, -0.2) is 5.26 Å². The molecule has 0 aliphatic rings. The van der Waals surface area contributed by atoms with E-state index in [0.717, 1.165) is 25.9 Å². The molecular weight excluding hydrogens is 304 g/mol. The van der Waals surface area contributed by atoms with Crippen molar-refractivity contribution in [1.29, 1.82) is 0 Å². The summed E-state index contributed by atoms with van der Waals surface area (Å²) in [5.74, 6) is -0.721. The van der Waals surface area contributed by atoms with E-state index in [4.69, 9.17) is 10.4 Å². The average Bonchev–Trinajstić information content (AvgIpc) is 2.53. The van der Waals surface area contributed by atoms with Crippen LogP contribution in [0.2, 0.25) is 0 Å². The van der Waals surface area contributed by atoms with E-state index in [-0.39, 0.29) is 6.42 Å². The van der Waals surface area contributed by atoms with E-state index in [1.54, 1.807) is 0 Å². The molecule has 0 aromatic rings. The van der Waals surface area contributed by atoms with Crippen molar-refractivity contribution in [2.45, 2.75) is 70.6 Å². The van der Waals surface area contributed by atoms with Crippen LogP contribution >= 0.6 is 0 Å². The molecular formula is C15H32N2O6. The molecule has 0 saturated carbocycles. The molecule has 0 radical (unpaired) electrons. The van der Waals surface area contributed by atoms with Crippen LogP contribution < -0.4 is 10.8 Å². The van der Waals surface area contributed by atoms with Crippen LogP contribution in [0.4, 0.5) is 0 Å². The number of rotatable bonds is 19. The fourth-order valence-electron chi connectivity index (χ4n) is 2.26. The van der Waals surface area contributed by atoms with Crippen molar-refractivity contribution < 1.29 is 30.2 Å². The highest BCUT2D eigenvalue weighted by molar-refractivity contribution is 5.66. The first-order valence-electron chi connectivity index (χ1n) is 8.56. The fraction of sp³-hybridized carbons (Fsp3) is 0.933. The summed E-state index contributed by atoms with van der Waals surface area (Å²) in [4.78, 5) is 14.6. The Morgan fingerprint density at radius 1 is 0.783 bits per heavy atom. The highest BCUT2D eigenvalue weighted by atomic mass is 17.7. The van der Waals surface area contributed by atoms with Crippen molar-refractivity contribution in [2.75, 3.05) is 19.6 Å². The van der Waals surface area contributed by atoms with Gasteiger partial charge in [-0.2, -0.15) is 5.48 Å². The van der Waals surface area contributed by atoms with E-state index < -0.39 is 5.97 Å². The van der Waals surface area contributed by atoms with Crippen LogP contribution in [0.3, 0.4) is 0 Å². The molecule has 0 heterocycles. The van der Waals surface area contributed by atoms with Gasteiger partial charge in [0.2, 0.25) is 0 Å². The van der Waals surface area contributed by atoms with Crippen LogP contribution in [0.15, 0.2) is 0 Å². The van der Waals surface area contributed by atoms with E-state index in [2.05, 4.69) is 25.9 Å². The molecule has 0 aromatic carbocycles. The predicted octanol–water partition coefficient (Wildman–Crippen LogP) is 2.81. The summed E-state index contributed by atoms with van der Waals surface area (Å²) in [6.45, 7) is 2.44. The van der Waals surface area contributed by atoms with Crippen LogP contribution in [-0.2, 0) is 19.9 Å². The van der Waals surface area contributed by atoms with Gasteiger partial charge in [-0.3, -0.25) is 4.79 Å². The topological polar surface area (TPSA) is 109 Å². The third kappa shape index (κ3) is 21.2. The smallest absolute Gasteiger partial charge is 0.303 e. The number of nitrogens with one attached hydrogen (secondary N) is 2. The van der Waals surface area contributed by atoms with Crippen LogP contribution in [0.1, 0.15) is 70.6 Å². The third-order valence-electron chi connectivity index (χ3n) is 3.50. The minimum absolute atomic E-state index is 0.251. The summed E-state index contributed by atoms with van der Waals surface area (Å²) in [5.41, 5.74) is 2.49. The Hall–Kier alpha value is -0.770. The van der Waals surface area contributed by atoms with Gasteiger partial charge in [-0.1, -0.05) is 44.9 Å². The summed E-state index contributed by atoms with van der Waals surface area (Å²) in [5, 5.41) is 26.6. The largest absolute Gasteiger partial charge is 0.481 e. The zero-order valence-electron chi connectivity index (χ0n) is 13.9. The Balaban J connectivity index is 2.96. The van der Waals surface area contributed by atoms with Crippen LogP contribution in [0.25, 0.3) is 0 Å². The third-order valence-corrected chi connectivity index (χ3v) is 3.50. The van der Waals surface area contributed by atoms with Gasteiger partial charge in [0.05, 0.1) is 0 Å². The molecule has 0 spiro atoms. The lowest BCUT2D eigenvalue weighted by Gasteiger charge is -2.04. The monoisotopic (exact) mass is 336 g/mol. The lowest BCUT2D eigenvalue weighted by Crippen LogP contribution is -2.17. The quantitative estimate of drug-likeness (QED) is 0.162. The van der Waals surface area contributed by atoms with Crippen LogP contribution in [0.5, 0.6) is 0 Å². The van der Waals surface area contributed by atoms with Gasteiger partial charge in [-0.05, 0) is 42.4 Å². The lowest BCUT2D eigenvalue weighted by molar-refractivity contribution is -0.636. The van der Waals surface area contributed by atoms with Gasteiger partial charge in [0.15, 0.2) is 0 Å². The summed E-state index contributed by atoms with van der Waals surface area (Å²) in [7, 11) is 0. The molecule has 0 aliphatic carbocycles. The summed E-state index contributed by atoms with van der Waals surface area (Å²) < 4.78 is 0. The number of hydrogen-bond acceptors (Lipinski definition) is 7. The zero-order chi connectivity index (χ0) is 17.0. The molecule has 0 atom stereocenters. The van der Waals surface area contributed by atoms with Gasteiger partial charge >= 0.3 is 5.97 Å². The second kappa shape index (κ2) is 19.3. The number of hydrogen-bond donors (Lipinski definition) is 4. The fourth-order valence-corrected chi connectivity index (χ4v) is 2.26. The number of hydroxylamine groups is 1. The maximum Gasteiger partial charge on any atom is 0.303 e. The van der Waals surface area contributed by atoms with Gasteiger partial charge in [0, 0.05) is 13.0 Å². The van der Waals surface area contributed by atoms with Gasteiger partial charge < -0.3 is 10.4 Å². The SMILES string of the molecule is O=C(O)CCCNCCCCCCCCCCCNOOOO. The summed E-state index contributed by atoms with van der Waals surface area (Å²) in [6, 6.07) is 0. The van der Waals surface area contributed by atoms with E-state index in [0.29, 0.717) is 13.0 Å². The number of aliphatic carboxylic acids is 1. The summed E-state index contributed by atoms with van der Waals surface area (Å²) in [6.07, 6.45) is 11.8. The van der Waals surface area contributed by atoms with Crippen LogP contribution in [-0.4, -0.2) is 36.0 Å². The first-order chi connectivity index (χ1) is 11.3. The molecule has 138 valence electrons. The molecule has 0 aromatic heterocycles. The first kappa shape index (κ1) is 22.2. The predicted molar refractivity (Wildman–Crippen MR) is 85.2 cm³/mol. The van der Waals surface area contributed by atoms with Gasteiger partial charge in [0.1, 0.15) is 0 Å². The second-order valence-electron chi connectivity index (χ2n) is 5.55. The van der Waals surface area contributed by atoms with Gasteiger partial charge in [0.25, 0.3) is 0 Å². The molecule has 0 amide bonds. The Morgan fingerprint density at radius 2 is 1.30 bits per heavy atom. The maximum atomic E-state index is 10.3. The van der Waals surface area contributed by atoms with Crippen molar-refractivity contribution in [2.24, 2.45) is 0 Å². The van der Waals surface area contributed by atoms with Crippen molar-refractivity contribution in [3.05, 3.63) is 0 Å². The number of carboxylic acids is 1. The standard InChI is InChI=1S/C15H32N2O6/c18-15(19)11-10-13-16-12-8-6-4-2-1-3-5-7-9-14-17-21-23-22-20/h16-17,20H,1-14H2,(H,18,19). The Labute approximate surface area is 138 Å². The number of unbranched alkanes of at least 4 members (excludes halogenated alkanes) is 8. The normalized spacial score (nSPS) is 11.0. The van der Waals surface area contributed by atoms with E-state index in [1.165, 1.54) is 44.9 Å². The second-order valence-corrected chi connectivity index (χ2v) is 5.55. The highest BCUT2D eigenvalue weighted by Gasteiger charge is 1.96. The molecule has 23 heavy (non-hydrogen) atoms. The van der Waals surface area contributed by atoms with E-state index >= 15 is 0 Å².